The van der Waals surface area contributed by atoms with E-state index in [0.29, 0.717) is 0 Å². The molecule has 1 aromatic heterocycles. The van der Waals surface area contributed by atoms with E-state index < -0.39 is 0 Å². The Morgan fingerprint density at radius 1 is 1.11 bits per heavy atom. The van der Waals surface area contributed by atoms with E-state index in [-0.39, 0.29) is 0 Å². The first kappa shape index (κ1) is 12.7. The van der Waals surface area contributed by atoms with Crippen molar-refractivity contribution in [2.45, 2.75) is 45.4 Å². The average molecular weight is 256 g/mol. The van der Waals surface area contributed by atoms with Crippen LogP contribution in [0.5, 0.6) is 0 Å². The zero-order chi connectivity index (χ0) is 13.1. The first-order valence-corrected chi connectivity index (χ1v) is 7.71. The van der Waals surface area contributed by atoms with Crippen LogP contribution in [-0.4, -0.2) is 18.1 Å². The van der Waals surface area contributed by atoms with Gasteiger partial charge >= 0.3 is 0 Å². The Labute approximate surface area is 115 Å². The number of hydrogen-bond donors (Lipinski definition) is 2. The van der Waals surface area contributed by atoms with Crippen LogP contribution in [-0.2, 0) is 19.3 Å². The third-order valence-electron chi connectivity index (χ3n) is 4.30. The predicted molar refractivity (Wildman–Crippen MR) is 81.8 cm³/mol. The number of aromatic amines is 1. The molecule has 0 amide bonds. The van der Waals surface area contributed by atoms with Gasteiger partial charge in [0.25, 0.3) is 0 Å². The normalized spacial score (nSPS) is 15.4. The Balaban J connectivity index is 1.91. The van der Waals surface area contributed by atoms with E-state index in [0.717, 1.165) is 19.5 Å². The summed E-state index contributed by atoms with van der Waals surface area (Å²) in [5.74, 6) is 0. The van der Waals surface area contributed by atoms with Crippen LogP contribution >= 0.6 is 0 Å². The standard InChI is InChI=1S/C17H24N2/c1-2-18-9-8-15-12-19-17-11-14-7-5-3-4-6-13(14)10-16(15)17/h10-12,18-19H,2-9H2,1H3. The molecule has 1 heterocycles. The summed E-state index contributed by atoms with van der Waals surface area (Å²) in [5, 5.41) is 4.85. The van der Waals surface area contributed by atoms with Crippen molar-refractivity contribution in [3.05, 3.63) is 35.0 Å². The van der Waals surface area contributed by atoms with Crippen LogP contribution in [0.4, 0.5) is 0 Å². The molecular formula is C17H24N2. The van der Waals surface area contributed by atoms with E-state index in [1.807, 2.05) is 0 Å². The Bertz CT molecular complexity index is 554. The van der Waals surface area contributed by atoms with Gasteiger partial charge in [-0.25, -0.2) is 0 Å². The molecule has 0 unspecified atom stereocenters. The summed E-state index contributed by atoms with van der Waals surface area (Å²) in [6.07, 6.45) is 9.94. The van der Waals surface area contributed by atoms with Gasteiger partial charge in [0.2, 0.25) is 0 Å². The highest BCUT2D eigenvalue weighted by Crippen LogP contribution is 2.27. The van der Waals surface area contributed by atoms with E-state index >= 15 is 0 Å². The number of rotatable bonds is 4. The van der Waals surface area contributed by atoms with Gasteiger partial charge in [-0.2, -0.15) is 0 Å². The van der Waals surface area contributed by atoms with E-state index in [4.69, 9.17) is 0 Å². The van der Waals surface area contributed by atoms with Gasteiger partial charge in [-0.15, -0.1) is 0 Å². The van der Waals surface area contributed by atoms with Crippen molar-refractivity contribution in [1.29, 1.82) is 0 Å². The zero-order valence-electron chi connectivity index (χ0n) is 11.9. The Kier molecular flexibility index (Phi) is 3.88. The molecule has 0 radical (unpaired) electrons. The molecule has 3 rings (SSSR count). The Hall–Kier alpha value is -1.28. The number of aryl methyl sites for hydroxylation is 2. The smallest absolute Gasteiger partial charge is 0.0459 e. The lowest BCUT2D eigenvalue weighted by Crippen LogP contribution is -2.15. The SMILES string of the molecule is CCNCCc1c[nH]c2cc3c(cc12)CCCCC3. The third kappa shape index (κ3) is 2.69. The van der Waals surface area contributed by atoms with E-state index in [1.54, 1.807) is 11.1 Å². The van der Waals surface area contributed by atoms with Crippen molar-refractivity contribution < 1.29 is 0 Å². The fourth-order valence-electron chi connectivity index (χ4n) is 3.20. The molecule has 2 heteroatoms. The van der Waals surface area contributed by atoms with Crippen LogP contribution < -0.4 is 5.32 Å². The molecule has 1 aliphatic rings. The molecule has 1 aromatic carbocycles. The second-order valence-corrected chi connectivity index (χ2v) is 5.64. The molecule has 19 heavy (non-hydrogen) atoms. The van der Waals surface area contributed by atoms with Gasteiger partial charge < -0.3 is 10.3 Å². The first-order chi connectivity index (χ1) is 9.38. The predicted octanol–water partition coefficient (Wildman–Crippen LogP) is 3.59. The second kappa shape index (κ2) is 5.79. The molecule has 0 spiro atoms. The molecule has 0 saturated carbocycles. The highest BCUT2D eigenvalue weighted by molar-refractivity contribution is 5.85. The second-order valence-electron chi connectivity index (χ2n) is 5.64. The molecule has 2 N–H and O–H groups in total. The summed E-state index contributed by atoms with van der Waals surface area (Å²) in [6, 6.07) is 4.85. The van der Waals surface area contributed by atoms with Gasteiger partial charge in [-0.1, -0.05) is 13.3 Å². The molecule has 102 valence electrons. The maximum absolute atomic E-state index is 3.46. The van der Waals surface area contributed by atoms with Crippen molar-refractivity contribution in [1.82, 2.24) is 10.3 Å². The van der Waals surface area contributed by atoms with E-state index in [1.165, 1.54) is 48.6 Å². The lowest BCUT2D eigenvalue weighted by Gasteiger charge is -2.07. The number of H-pyrrole nitrogens is 1. The maximum atomic E-state index is 3.46. The van der Waals surface area contributed by atoms with Gasteiger partial charge in [-0.3, -0.25) is 0 Å². The van der Waals surface area contributed by atoms with Crippen LogP contribution in [0.1, 0.15) is 42.9 Å². The lowest BCUT2D eigenvalue weighted by molar-refractivity contribution is 0.711. The molecule has 1 aliphatic carbocycles. The lowest BCUT2D eigenvalue weighted by atomic mass is 9.99. The number of likely N-dealkylation sites (N-methyl/N-ethyl adjacent to an activating group) is 1. The number of fused-ring (bicyclic) bond motifs is 2. The monoisotopic (exact) mass is 256 g/mol. The van der Waals surface area contributed by atoms with Gasteiger partial charge in [0.1, 0.15) is 0 Å². The molecule has 0 atom stereocenters. The van der Waals surface area contributed by atoms with Crippen molar-refractivity contribution in [3.8, 4) is 0 Å². The van der Waals surface area contributed by atoms with Crippen LogP contribution in [0.2, 0.25) is 0 Å². The maximum Gasteiger partial charge on any atom is 0.0459 e. The fourth-order valence-corrected chi connectivity index (χ4v) is 3.20. The van der Waals surface area contributed by atoms with Gasteiger partial charge in [-0.05, 0) is 74.0 Å². The van der Waals surface area contributed by atoms with Crippen LogP contribution in [0.15, 0.2) is 18.3 Å². The molecule has 0 saturated heterocycles. The third-order valence-corrected chi connectivity index (χ3v) is 4.30. The number of benzene rings is 1. The van der Waals surface area contributed by atoms with Crippen LogP contribution in [0.3, 0.4) is 0 Å². The summed E-state index contributed by atoms with van der Waals surface area (Å²) in [7, 11) is 0. The first-order valence-electron chi connectivity index (χ1n) is 7.71. The summed E-state index contributed by atoms with van der Waals surface area (Å²) in [5.41, 5.74) is 5.95. The highest BCUT2D eigenvalue weighted by atomic mass is 14.8. The van der Waals surface area contributed by atoms with E-state index in [2.05, 4.69) is 35.6 Å². The van der Waals surface area contributed by atoms with Crippen molar-refractivity contribution in [2.24, 2.45) is 0 Å². The number of nitrogens with one attached hydrogen (secondary N) is 2. The zero-order valence-corrected chi connectivity index (χ0v) is 11.9. The molecule has 0 bridgehead atoms. The Morgan fingerprint density at radius 2 is 1.89 bits per heavy atom. The molecule has 2 aromatic rings. The van der Waals surface area contributed by atoms with Crippen molar-refractivity contribution >= 4 is 10.9 Å². The quantitative estimate of drug-likeness (QED) is 0.635. The Morgan fingerprint density at radius 3 is 2.68 bits per heavy atom. The van der Waals surface area contributed by atoms with Gasteiger partial charge in [0.05, 0.1) is 0 Å². The van der Waals surface area contributed by atoms with Crippen molar-refractivity contribution in [2.75, 3.05) is 13.1 Å². The molecule has 0 fully saturated rings. The molecular weight excluding hydrogens is 232 g/mol. The van der Waals surface area contributed by atoms with Crippen molar-refractivity contribution in [3.63, 3.8) is 0 Å². The van der Waals surface area contributed by atoms with Gasteiger partial charge in [0, 0.05) is 17.1 Å². The number of aromatic nitrogens is 1. The number of hydrogen-bond acceptors (Lipinski definition) is 1. The average Bonchev–Trinajstić information content (AvgIpc) is 2.67. The summed E-state index contributed by atoms with van der Waals surface area (Å²) in [6.45, 7) is 4.29. The van der Waals surface area contributed by atoms with Crippen LogP contribution in [0, 0.1) is 0 Å². The van der Waals surface area contributed by atoms with Crippen LogP contribution in [0.25, 0.3) is 10.9 Å². The summed E-state index contributed by atoms with van der Waals surface area (Å²) < 4.78 is 0. The molecule has 0 aliphatic heterocycles. The van der Waals surface area contributed by atoms with E-state index in [9.17, 15) is 0 Å². The minimum absolute atomic E-state index is 1.05. The minimum Gasteiger partial charge on any atom is -0.361 e. The fraction of sp³-hybridized carbons (Fsp3) is 0.529. The largest absolute Gasteiger partial charge is 0.361 e. The summed E-state index contributed by atoms with van der Waals surface area (Å²) >= 11 is 0. The highest BCUT2D eigenvalue weighted by Gasteiger charge is 2.11. The van der Waals surface area contributed by atoms with Gasteiger partial charge in [0.15, 0.2) is 0 Å². The molecule has 2 nitrogen and oxygen atoms in total. The topological polar surface area (TPSA) is 27.8 Å². The summed E-state index contributed by atoms with van der Waals surface area (Å²) in [4.78, 5) is 3.46. The minimum atomic E-state index is 1.05.